The summed E-state index contributed by atoms with van der Waals surface area (Å²) in [7, 11) is 0. The Morgan fingerprint density at radius 2 is 2.00 bits per heavy atom. The Hall–Kier alpha value is -0.600. The van der Waals surface area contributed by atoms with Gasteiger partial charge in [-0.25, -0.2) is 4.79 Å². The Labute approximate surface area is 122 Å². The molecule has 2 fully saturated rings. The zero-order valence-electron chi connectivity index (χ0n) is 11.1. The van der Waals surface area contributed by atoms with Crippen LogP contribution in [0.3, 0.4) is 0 Å². The SMILES string of the molecule is O=C(N[C@@H]1OC[C@@H](O)[C@H](O)[C@H]1O)N(CCCl)CC1CC1. The molecule has 0 aromatic carbocycles. The number of ether oxygens (including phenoxy) is 1. The van der Waals surface area contributed by atoms with Crippen LogP contribution >= 0.6 is 11.6 Å². The van der Waals surface area contributed by atoms with E-state index in [0.29, 0.717) is 24.9 Å². The van der Waals surface area contributed by atoms with E-state index >= 15 is 0 Å². The summed E-state index contributed by atoms with van der Waals surface area (Å²) in [5.41, 5.74) is 0. The molecule has 0 unspecified atom stereocenters. The Morgan fingerprint density at radius 3 is 2.60 bits per heavy atom. The molecule has 116 valence electrons. The van der Waals surface area contributed by atoms with E-state index in [0.717, 1.165) is 12.8 Å². The number of aliphatic hydroxyl groups excluding tert-OH is 3. The van der Waals surface area contributed by atoms with Gasteiger partial charge in [0.05, 0.1) is 6.61 Å². The molecule has 7 nitrogen and oxygen atoms in total. The number of nitrogens with one attached hydrogen (secondary N) is 1. The maximum atomic E-state index is 12.1. The van der Waals surface area contributed by atoms with Crippen LogP contribution in [0.2, 0.25) is 0 Å². The number of hydrogen-bond donors (Lipinski definition) is 4. The van der Waals surface area contributed by atoms with Gasteiger partial charge in [-0.15, -0.1) is 11.6 Å². The number of urea groups is 1. The molecule has 1 saturated carbocycles. The van der Waals surface area contributed by atoms with E-state index in [1.807, 2.05) is 0 Å². The second-order valence-electron chi connectivity index (χ2n) is 5.33. The van der Waals surface area contributed by atoms with E-state index < -0.39 is 24.5 Å². The second-order valence-corrected chi connectivity index (χ2v) is 5.71. The summed E-state index contributed by atoms with van der Waals surface area (Å²) >= 11 is 5.68. The quantitative estimate of drug-likeness (QED) is 0.492. The Morgan fingerprint density at radius 1 is 1.30 bits per heavy atom. The van der Waals surface area contributed by atoms with Gasteiger partial charge < -0.3 is 30.3 Å². The van der Waals surface area contributed by atoms with Crippen LogP contribution < -0.4 is 5.32 Å². The van der Waals surface area contributed by atoms with Crippen LogP contribution in [0.25, 0.3) is 0 Å². The van der Waals surface area contributed by atoms with Crippen molar-refractivity contribution in [2.75, 3.05) is 25.6 Å². The third kappa shape index (κ3) is 3.95. The summed E-state index contributed by atoms with van der Waals surface area (Å²) in [6.45, 7) is 0.908. The van der Waals surface area contributed by atoms with E-state index in [-0.39, 0.29) is 12.6 Å². The molecule has 1 aliphatic heterocycles. The van der Waals surface area contributed by atoms with Gasteiger partial charge >= 0.3 is 6.03 Å². The molecule has 0 spiro atoms. The first-order chi connectivity index (χ1) is 9.52. The van der Waals surface area contributed by atoms with Crippen LogP contribution in [-0.2, 0) is 4.74 Å². The highest BCUT2D eigenvalue weighted by atomic mass is 35.5. The molecule has 4 N–H and O–H groups in total. The lowest BCUT2D eigenvalue weighted by Gasteiger charge is -2.36. The molecule has 1 aliphatic carbocycles. The number of carbonyl (C=O) groups excluding carboxylic acids is 1. The molecule has 0 aromatic rings. The Kier molecular flexibility index (Phi) is 5.45. The van der Waals surface area contributed by atoms with Crippen LogP contribution in [-0.4, -0.2) is 76.4 Å². The van der Waals surface area contributed by atoms with Crippen molar-refractivity contribution in [2.45, 2.75) is 37.4 Å². The smallest absolute Gasteiger partial charge is 0.319 e. The highest BCUT2D eigenvalue weighted by Crippen LogP contribution is 2.29. The van der Waals surface area contributed by atoms with Gasteiger partial charge in [0.25, 0.3) is 0 Å². The van der Waals surface area contributed by atoms with Gasteiger partial charge in [-0.3, -0.25) is 0 Å². The summed E-state index contributed by atoms with van der Waals surface area (Å²) in [6, 6.07) is -0.384. The molecule has 2 amide bonds. The third-order valence-electron chi connectivity index (χ3n) is 3.58. The zero-order valence-corrected chi connectivity index (χ0v) is 11.9. The number of amides is 2. The lowest BCUT2D eigenvalue weighted by molar-refractivity contribution is -0.192. The average molecular weight is 309 g/mol. The molecule has 0 bridgehead atoms. The minimum atomic E-state index is -1.36. The largest absolute Gasteiger partial charge is 0.388 e. The number of nitrogens with zero attached hydrogens (tertiary/aromatic N) is 1. The van der Waals surface area contributed by atoms with Crippen molar-refractivity contribution in [1.29, 1.82) is 0 Å². The molecular formula is C12H21ClN2O5. The fraction of sp³-hybridized carbons (Fsp3) is 0.917. The molecule has 2 aliphatic rings. The molecule has 4 atom stereocenters. The van der Waals surface area contributed by atoms with Gasteiger partial charge in [0, 0.05) is 19.0 Å². The normalized spacial score (nSPS) is 33.8. The maximum Gasteiger partial charge on any atom is 0.319 e. The van der Waals surface area contributed by atoms with Gasteiger partial charge in [-0.05, 0) is 18.8 Å². The average Bonchev–Trinajstić information content (AvgIpc) is 3.23. The molecule has 1 heterocycles. The standard InChI is InChI=1S/C12H21ClN2O5/c13-3-4-15(5-7-1-2-7)12(19)14-11-10(18)9(17)8(16)6-20-11/h7-11,16-18H,1-6H2,(H,14,19)/t8-,9+,10-,11-/m1/s1. The fourth-order valence-electron chi connectivity index (χ4n) is 2.14. The van der Waals surface area contributed by atoms with Gasteiger partial charge in [0.15, 0.2) is 6.23 Å². The summed E-state index contributed by atoms with van der Waals surface area (Å²) in [6.07, 6.45) is -2.65. The molecular weight excluding hydrogens is 288 g/mol. The number of rotatable bonds is 5. The van der Waals surface area contributed by atoms with E-state index in [2.05, 4.69) is 5.32 Å². The topological polar surface area (TPSA) is 102 Å². The van der Waals surface area contributed by atoms with Crippen LogP contribution in [0.4, 0.5) is 4.79 Å². The summed E-state index contributed by atoms with van der Waals surface area (Å²) < 4.78 is 5.14. The van der Waals surface area contributed by atoms with Gasteiger partial charge in [0.1, 0.15) is 18.3 Å². The minimum Gasteiger partial charge on any atom is -0.388 e. The number of alkyl halides is 1. The first-order valence-electron chi connectivity index (χ1n) is 6.80. The van der Waals surface area contributed by atoms with Crippen molar-refractivity contribution in [1.82, 2.24) is 10.2 Å². The fourth-order valence-corrected chi connectivity index (χ4v) is 2.34. The predicted octanol–water partition coefficient (Wildman–Crippen LogP) is -0.914. The van der Waals surface area contributed by atoms with Crippen molar-refractivity contribution in [3.8, 4) is 0 Å². The molecule has 20 heavy (non-hydrogen) atoms. The Bertz CT molecular complexity index is 342. The van der Waals surface area contributed by atoms with E-state index in [1.54, 1.807) is 4.90 Å². The van der Waals surface area contributed by atoms with Gasteiger partial charge in [0.2, 0.25) is 0 Å². The van der Waals surface area contributed by atoms with Crippen molar-refractivity contribution in [3.63, 3.8) is 0 Å². The molecule has 0 radical (unpaired) electrons. The first kappa shape index (κ1) is 15.8. The van der Waals surface area contributed by atoms with E-state index in [9.17, 15) is 20.1 Å². The van der Waals surface area contributed by atoms with Crippen LogP contribution in [0, 0.1) is 5.92 Å². The van der Waals surface area contributed by atoms with Crippen LogP contribution in [0.1, 0.15) is 12.8 Å². The van der Waals surface area contributed by atoms with Gasteiger partial charge in [-0.2, -0.15) is 0 Å². The number of carbonyl (C=O) groups is 1. The molecule has 8 heteroatoms. The highest BCUT2D eigenvalue weighted by Gasteiger charge is 2.39. The maximum absolute atomic E-state index is 12.1. The predicted molar refractivity (Wildman–Crippen MR) is 71.3 cm³/mol. The first-order valence-corrected chi connectivity index (χ1v) is 7.33. The molecule has 1 saturated heterocycles. The van der Waals surface area contributed by atoms with Gasteiger partial charge in [-0.1, -0.05) is 0 Å². The van der Waals surface area contributed by atoms with Crippen molar-refractivity contribution in [3.05, 3.63) is 0 Å². The number of aliphatic hydroxyl groups is 3. The zero-order chi connectivity index (χ0) is 14.7. The molecule has 2 rings (SSSR count). The number of hydrogen-bond acceptors (Lipinski definition) is 5. The lowest BCUT2D eigenvalue weighted by atomic mass is 10.0. The van der Waals surface area contributed by atoms with E-state index in [1.165, 1.54) is 0 Å². The monoisotopic (exact) mass is 308 g/mol. The van der Waals surface area contributed by atoms with E-state index in [4.69, 9.17) is 16.3 Å². The third-order valence-corrected chi connectivity index (χ3v) is 3.75. The lowest BCUT2D eigenvalue weighted by Crippen LogP contribution is -2.60. The highest BCUT2D eigenvalue weighted by molar-refractivity contribution is 6.18. The number of halogens is 1. The Balaban J connectivity index is 1.87. The van der Waals surface area contributed by atoms with Crippen molar-refractivity contribution in [2.24, 2.45) is 5.92 Å². The summed E-state index contributed by atoms with van der Waals surface area (Å²) in [4.78, 5) is 13.7. The molecule has 0 aromatic heterocycles. The van der Waals surface area contributed by atoms with Crippen molar-refractivity contribution >= 4 is 17.6 Å². The minimum absolute atomic E-state index is 0.138. The van der Waals surface area contributed by atoms with Crippen molar-refractivity contribution < 1.29 is 24.9 Å². The summed E-state index contributed by atoms with van der Waals surface area (Å²) in [5.74, 6) is 0.851. The van der Waals surface area contributed by atoms with Crippen LogP contribution in [0.15, 0.2) is 0 Å². The summed E-state index contributed by atoms with van der Waals surface area (Å²) in [5, 5.41) is 31.2. The van der Waals surface area contributed by atoms with Crippen LogP contribution in [0.5, 0.6) is 0 Å². The second kappa shape index (κ2) is 6.91.